The molecular weight excluding hydrogens is 519 g/mol. The lowest BCUT2D eigenvalue weighted by molar-refractivity contribution is 0.0899. The van der Waals surface area contributed by atoms with Gasteiger partial charge in [-0.1, -0.05) is 36.2 Å². The maximum absolute atomic E-state index is 13.5. The Bertz CT molecular complexity index is 1540. The van der Waals surface area contributed by atoms with Gasteiger partial charge in [-0.05, 0) is 81.8 Å². The summed E-state index contributed by atoms with van der Waals surface area (Å²) < 4.78 is 10.2. The fraction of sp³-hybridized carbons (Fsp3) is 0.400. The van der Waals surface area contributed by atoms with Crippen LogP contribution in [0.5, 0.6) is 5.75 Å². The fourth-order valence-electron chi connectivity index (χ4n) is 5.74. The molecular formula is C30H34Cl2N4O2. The Hall–Kier alpha value is -2.96. The Morgan fingerprint density at radius 3 is 2.45 bits per heavy atom. The Balaban J connectivity index is 1.57. The SMILES string of the molecule is CC[C@@H]1Cn2c(c(CCCOc3cc(C)c(Cl)c(C)c3)c3ccc(Cl)c(-c4c(C)nn(C)c4C)c32)C(=O)N1. The van der Waals surface area contributed by atoms with E-state index >= 15 is 0 Å². The molecule has 1 N–H and O–H groups in total. The number of amides is 1. The van der Waals surface area contributed by atoms with Crippen LogP contribution in [0, 0.1) is 27.7 Å². The molecule has 1 aliphatic heterocycles. The molecule has 0 radical (unpaired) electrons. The van der Waals surface area contributed by atoms with Crippen molar-refractivity contribution in [3.05, 3.63) is 68.1 Å². The molecule has 5 rings (SSSR count). The molecule has 0 saturated heterocycles. The number of hydrogen-bond acceptors (Lipinski definition) is 3. The second kappa shape index (κ2) is 10.3. The molecule has 2 aromatic heterocycles. The lowest BCUT2D eigenvalue weighted by atomic mass is 9.98. The van der Waals surface area contributed by atoms with Gasteiger partial charge in [-0.25, -0.2) is 0 Å². The Kier molecular flexibility index (Phi) is 7.23. The van der Waals surface area contributed by atoms with Gasteiger partial charge >= 0.3 is 0 Å². The molecule has 0 unspecified atom stereocenters. The third-order valence-electron chi connectivity index (χ3n) is 7.73. The van der Waals surface area contributed by atoms with Gasteiger partial charge in [-0.15, -0.1) is 0 Å². The molecule has 0 aliphatic carbocycles. The average molecular weight is 554 g/mol. The minimum Gasteiger partial charge on any atom is -0.494 e. The highest BCUT2D eigenvalue weighted by Gasteiger charge is 2.32. The molecule has 2 aromatic carbocycles. The summed E-state index contributed by atoms with van der Waals surface area (Å²) in [6, 6.07) is 8.02. The summed E-state index contributed by atoms with van der Waals surface area (Å²) in [5.74, 6) is 0.786. The maximum atomic E-state index is 13.5. The highest BCUT2D eigenvalue weighted by molar-refractivity contribution is 6.35. The van der Waals surface area contributed by atoms with Crippen LogP contribution in [0.2, 0.25) is 10.0 Å². The molecule has 1 amide bonds. The van der Waals surface area contributed by atoms with Crippen LogP contribution >= 0.6 is 23.2 Å². The number of benzene rings is 2. The smallest absolute Gasteiger partial charge is 0.268 e. The molecule has 0 fully saturated rings. The van der Waals surface area contributed by atoms with Crippen LogP contribution in [0.3, 0.4) is 0 Å². The van der Waals surface area contributed by atoms with Gasteiger partial charge < -0.3 is 14.6 Å². The van der Waals surface area contributed by atoms with E-state index in [0.29, 0.717) is 24.6 Å². The van der Waals surface area contributed by atoms with Gasteiger partial charge in [0.05, 0.1) is 22.8 Å². The summed E-state index contributed by atoms with van der Waals surface area (Å²) >= 11 is 13.2. The van der Waals surface area contributed by atoms with E-state index in [-0.39, 0.29) is 11.9 Å². The lowest BCUT2D eigenvalue weighted by Crippen LogP contribution is -2.44. The summed E-state index contributed by atoms with van der Waals surface area (Å²) in [6.07, 6.45) is 2.33. The van der Waals surface area contributed by atoms with Crippen molar-refractivity contribution < 1.29 is 9.53 Å². The van der Waals surface area contributed by atoms with E-state index in [0.717, 1.165) is 79.4 Å². The largest absolute Gasteiger partial charge is 0.494 e. The third-order valence-corrected chi connectivity index (χ3v) is 8.64. The summed E-state index contributed by atoms with van der Waals surface area (Å²) in [6.45, 7) is 11.4. The number of halogens is 2. The Morgan fingerprint density at radius 2 is 1.82 bits per heavy atom. The molecule has 1 atom stereocenters. The zero-order valence-electron chi connectivity index (χ0n) is 22.8. The fourth-order valence-corrected chi connectivity index (χ4v) is 6.10. The number of ether oxygens (including phenoxy) is 1. The van der Waals surface area contributed by atoms with E-state index in [1.165, 1.54) is 0 Å². The van der Waals surface area contributed by atoms with E-state index in [9.17, 15) is 4.79 Å². The number of aryl methyl sites for hydroxylation is 5. The predicted molar refractivity (Wildman–Crippen MR) is 155 cm³/mol. The van der Waals surface area contributed by atoms with Crippen molar-refractivity contribution in [2.45, 2.75) is 66.5 Å². The van der Waals surface area contributed by atoms with Crippen LogP contribution in [0.15, 0.2) is 24.3 Å². The van der Waals surface area contributed by atoms with E-state index in [4.69, 9.17) is 27.9 Å². The number of aromatic nitrogens is 3. The Labute approximate surface area is 233 Å². The standard InChI is InChI=1S/C30H34Cl2N4O2/c1-7-20-15-36-28-23(10-11-24(31)26(28)25-18(4)34-35(6)19(25)5)22(29(36)30(37)33-20)9-8-12-38-21-13-16(2)27(32)17(3)14-21/h10-11,13-14,20H,7-9,12,15H2,1-6H3,(H,33,37)/t20-/m1/s1. The van der Waals surface area contributed by atoms with Crippen molar-refractivity contribution in [3.8, 4) is 16.9 Å². The zero-order valence-corrected chi connectivity index (χ0v) is 24.3. The highest BCUT2D eigenvalue weighted by Crippen LogP contribution is 2.42. The van der Waals surface area contributed by atoms with Crippen LogP contribution in [-0.2, 0) is 20.0 Å². The van der Waals surface area contributed by atoms with Gasteiger partial charge in [-0.2, -0.15) is 5.10 Å². The van der Waals surface area contributed by atoms with Crippen LogP contribution in [0.1, 0.15) is 58.3 Å². The molecule has 4 aromatic rings. The zero-order chi connectivity index (χ0) is 27.3. The maximum Gasteiger partial charge on any atom is 0.268 e. The van der Waals surface area contributed by atoms with Crippen molar-refractivity contribution in [2.24, 2.45) is 7.05 Å². The lowest BCUT2D eigenvalue weighted by Gasteiger charge is -2.26. The molecule has 0 saturated carbocycles. The first kappa shape index (κ1) is 26.6. The van der Waals surface area contributed by atoms with Gasteiger partial charge in [0.15, 0.2) is 0 Å². The predicted octanol–water partition coefficient (Wildman–Crippen LogP) is 7.12. The van der Waals surface area contributed by atoms with E-state index in [2.05, 4.69) is 34.9 Å². The number of fused-ring (bicyclic) bond motifs is 3. The second-order valence-corrected chi connectivity index (χ2v) is 11.1. The molecule has 0 bridgehead atoms. The summed E-state index contributed by atoms with van der Waals surface area (Å²) in [5, 5.41) is 10.4. The number of nitrogens with zero attached hydrogens (tertiary/aromatic N) is 3. The van der Waals surface area contributed by atoms with Gasteiger partial charge in [0.1, 0.15) is 11.4 Å². The van der Waals surface area contributed by atoms with Crippen molar-refractivity contribution in [1.82, 2.24) is 19.7 Å². The first-order valence-electron chi connectivity index (χ1n) is 13.2. The highest BCUT2D eigenvalue weighted by atomic mass is 35.5. The monoisotopic (exact) mass is 552 g/mol. The summed E-state index contributed by atoms with van der Waals surface area (Å²) in [4.78, 5) is 13.5. The van der Waals surface area contributed by atoms with Crippen LogP contribution < -0.4 is 10.1 Å². The molecule has 0 spiro atoms. The van der Waals surface area contributed by atoms with Gasteiger partial charge in [0, 0.05) is 46.9 Å². The number of rotatable bonds is 7. The van der Waals surface area contributed by atoms with Crippen molar-refractivity contribution in [3.63, 3.8) is 0 Å². The van der Waals surface area contributed by atoms with Gasteiger partial charge in [0.2, 0.25) is 0 Å². The van der Waals surface area contributed by atoms with Crippen molar-refractivity contribution in [1.29, 1.82) is 0 Å². The number of carbonyl (C=O) groups is 1. The van der Waals surface area contributed by atoms with E-state index in [1.807, 2.05) is 50.7 Å². The quantitative estimate of drug-likeness (QED) is 0.248. The second-order valence-electron chi connectivity index (χ2n) is 10.3. The molecule has 38 heavy (non-hydrogen) atoms. The molecule has 1 aliphatic rings. The van der Waals surface area contributed by atoms with Gasteiger partial charge in [-0.3, -0.25) is 9.48 Å². The van der Waals surface area contributed by atoms with Crippen LogP contribution in [-0.4, -0.2) is 32.9 Å². The molecule has 3 heterocycles. The summed E-state index contributed by atoms with van der Waals surface area (Å²) in [7, 11) is 1.95. The summed E-state index contributed by atoms with van der Waals surface area (Å²) in [5.41, 5.74) is 8.73. The van der Waals surface area contributed by atoms with Crippen molar-refractivity contribution in [2.75, 3.05) is 6.61 Å². The van der Waals surface area contributed by atoms with Gasteiger partial charge in [0.25, 0.3) is 5.91 Å². The van der Waals surface area contributed by atoms with Crippen LogP contribution in [0.4, 0.5) is 0 Å². The van der Waals surface area contributed by atoms with E-state index < -0.39 is 0 Å². The normalized spacial score (nSPS) is 15.2. The molecule has 8 heteroatoms. The number of hydrogen-bond donors (Lipinski definition) is 1. The molecule has 200 valence electrons. The molecule has 6 nitrogen and oxygen atoms in total. The minimum absolute atomic E-state index is 0.0270. The minimum atomic E-state index is -0.0270. The average Bonchev–Trinajstić information content (AvgIpc) is 3.33. The third kappa shape index (κ3) is 4.48. The first-order chi connectivity index (χ1) is 18.1. The Morgan fingerprint density at radius 1 is 1.11 bits per heavy atom. The topological polar surface area (TPSA) is 61.1 Å². The number of nitrogens with one attached hydrogen (secondary N) is 1. The first-order valence-corrected chi connectivity index (χ1v) is 13.9. The van der Waals surface area contributed by atoms with Crippen molar-refractivity contribution >= 4 is 40.0 Å². The van der Waals surface area contributed by atoms with E-state index in [1.54, 1.807) is 0 Å². The number of carbonyl (C=O) groups excluding carboxylic acids is 1. The van der Waals surface area contributed by atoms with Crippen LogP contribution in [0.25, 0.3) is 22.0 Å².